The van der Waals surface area contributed by atoms with Crippen LogP contribution in [0, 0.1) is 11.8 Å². The zero-order valence-electron chi connectivity index (χ0n) is 15.9. The van der Waals surface area contributed by atoms with Crippen molar-refractivity contribution in [2.45, 2.75) is 78.6 Å². The third-order valence-corrected chi connectivity index (χ3v) is 4.78. The molecule has 1 aromatic rings. The second-order valence-electron chi connectivity index (χ2n) is 8.24. The molecule has 136 valence electrons. The van der Waals surface area contributed by atoms with Crippen LogP contribution in [0.1, 0.15) is 77.8 Å². The molecule has 0 aliphatic heterocycles. The Kier molecular flexibility index (Phi) is 7.78. The number of carboxylic acids is 1. The summed E-state index contributed by atoms with van der Waals surface area (Å²) in [6, 6.07) is 6.03. The maximum absolute atomic E-state index is 11.2. The van der Waals surface area contributed by atoms with Crippen molar-refractivity contribution in [1.82, 2.24) is 0 Å². The lowest BCUT2D eigenvalue weighted by molar-refractivity contribution is -0.143. The van der Waals surface area contributed by atoms with Crippen molar-refractivity contribution in [1.29, 1.82) is 0 Å². The van der Waals surface area contributed by atoms with Crippen LogP contribution in [-0.4, -0.2) is 16.2 Å². The van der Waals surface area contributed by atoms with Crippen LogP contribution in [0.25, 0.3) is 0 Å². The van der Waals surface area contributed by atoms with Gasteiger partial charge in [-0.1, -0.05) is 66.0 Å². The zero-order valence-corrected chi connectivity index (χ0v) is 15.9. The van der Waals surface area contributed by atoms with E-state index in [9.17, 15) is 15.0 Å². The first-order chi connectivity index (χ1) is 11.1. The van der Waals surface area contributed by atoms with Gasteiger partial charge in [0.2, 0.25) is 0 Å². The number of benzene rings is 1. The van der Waals surface area contributed by atoms with E-state index in [-0.39, 0.29) is 17.3 Å². The van der Waals surface area contributed by atoms with Crippen LogP contribution in [0.2, 0.25) is 0 Å². The number of aromatic hydroxyl groups is 1. The second-order valence-corrected chi connectivity index (χ2v) is 8.24. The highest BCUT2D eigenvalue weighted by molar-refractivity contribution is 5.70. The Bertz CT molecular complexity index is 526. The number of carboxylic acid groups (broad SMARTS) is 1. The highest BCUT2D eigenvalue weighted by Gasteiger charge is 2.20. The molecule has 3 heteroatoms. The van der Waals surface area contributed by atoms with Crippen LogP contribution in [0.3, 0.4) is 0 Å². The Hall–Kier alpha value is -1.51. The first kappa shape index (κ1) is 20.5. The van der Waals surface area contributed by atoms with Crippen molar-refractivity contribution in [2.24, 2.45) is 11.8 Å². The standard InChI is InChI=1S/C21H34O3/c1-15(2)18(20(23)24)11-9-7-6-8-10-16-12-13-17(14-19(16)22)21(3,4)5/h12-15,18,22H,6-11H2,1-5H3,(H,23,24)/t18-/m0/s1. The molecule has 0 saturated carbocycles. The molecule has 2 N–H and O–H groups in total. The lowest BCUT2D eigenvalue weighted by Gasteiger charge is -2.20. The number of aryl methyl sites for hydroxylation is 1. The molecule has 3 nitrogen and oxygen atoms in total. The quantitative estimate of drug-likeness (QED) is 0.583. The number of hydrogen-bond acceptors (Lipinski definition) is 2. The highest BCUT2D eigenvalue weighted by Crippen LogP contribution is 2.29. The highest BCUT2D eigenvalue weighted by atomic mass is 16.4. The average Bonchev–Trinajstić information content (AvgIpc) is 2.45. The summed E-state index contributed by atoms with van der Waals surface area (Å²) >= 11 is 0. The van der Waals surface area contributed by atoms with Gasteiger partial charge in [-0.15, -0.1) is 0 Å². The second kappa shape index (κ2) is 9.10. The van der Waals surface area contributed by atoms with Crippen LogP contribution in [0.15, 0.2) is 18.2 Å². The van der Waals surface area contributed by atoms with E-state index >= 15 is 0 Å². The van der Waals surface area contributed by atoms with Gasteiger partial charge in [0.15, 0.2) is 0 Å². The Morgan fingerprint density at radius 1 is 1.08 bits per heavy atom. The summed E-state index contributed by atoms with van der Waals surface area (Å²) in [5.41, 5.74) is 2.21. The van der Waals surface area contributed by atoms with E-state index < -0.39 is 5.97 Å². The van der Waals surface area contributed by atoms with Gasteiger partial charge in [0.25, 0.3) is 0 Å². The Balaban J connectivity index is 2.35. The summed E-state index contributed by atoms with van der Waals surface area (Å²) in [4.78, 5) is 11.2. The lowest BCUT2D eigenvalue weighted by atomic mass is 9.86. The number of phenols is 1. The lowest BCUT2D eigenvalue weighted by Crippen LogP contribution is -2.19. The van der Waals surface area contributed by atoms with E-state index in [1.807, 2.05) is 26.0 Å². The molecule has 0 unspecified atom stereocenters. The van der Waals surface area contributed by atoms with Gasteiger partial charge in [-0.2, -0.15) is 0 Å². The number of carbonyl (C=O) groups is 1. The predicted molar refractivity (Wildman–Crippen MR) is 99.6 cm³/mol. The van der Waals surface area contributed by atoms with Crippen molar-refractivity contribution in [3.8, 4) is 5.75 Å². The largest absolute Gasteiger partial charge is 0.508 e. The minimum atomic E-state index is -0.672. The van der Waals surface area contributed by atoms with Crippen LogP contribution in [0.5, 0.6) is 5.75 Å². The third-order valence-electron chi connectivity index (χ3n) is 4.78. The molecule has 0 heterocycles. The van der Waals surface area contributed by atoms with E-state index in [1.165, 1.54) is 0 Å². The molecule has 1 rings (SSSR count). The number of phenolic OH excluding ortho intramolecular Hbond substituents is 1. The smallest absolute Gasteiger partial charge is 0.306 e. The van der Waals surface area contributed by atoms with Gasteiger partial charge in [-0.3, -0.25) is 4.79 Å². The number of hydrogen-bond donors (Lipinski definition) is 2. The van der Waals surface area contributed by atoms with Crippen LogP contribution >= 0.6 is 0 Å². The fourth-order valence-corrected chi connectivity index (χ4v) is 3.02. The number of rotatable bonds is 9. The molecule has 0 fully saturated rings. The molecular weight excluding hydrogens is 300 g/mol. The maximum Gasteiger partial charge on any atom is 0.306 e. The summed E-state index contributed by atoms with van der Waals surface area (Å²) in [5.74, 6) is -0.304. The first-order valence-corrected chi connectivity index (χ1v) is 9.18. The summed E-state index contributed by atoms with van der Waals surface area (Å²) in [5, 5.41) is 19.4. The molecule has 1 aromatic carbocycles. The Morgan fingerprint density at radius 2 is 1.71 bits per heavy atom. The molecule has 0 spiro atoms. The summed E-state index contributed by atoms with van der Waals surface area (Å²) in [7, 11) is 0. The average molecular weight is 335 g/mol. The van der Waals surface area contributed by atoms with E-state index in [0.717, 1.165) is 49.7 Å². The maximum atomic E-state index is 11.2. The van der Waals surface area contributed by atoms with Gasteiger partial charge < -0.3 is 10.2 Å². The first-order valence-electron chi connectivity index (χ1n) is 9.18. The molecule has 0 aromatic heterocycles. The van der Waals surface area contributed by atoms with Crippen molar-refractivity contribution in [3.05, 3.63) is 29.3 Å². The monoisotopic (exact) mass is 334 g/mol. The molecule has 0 aliphatic rings. The van der Waals surface area contributed by atoms with Crippen molar-refractivity contribution >= 4 is 5.97 Å². The van der Waals surface area contributed by atoms with E-state index in [4.69, 9.17) is 0 Å². The van der Waals surface area contributed by atoms with Crippen LogP contribution in [-0.2, 0) is 16.6 Å². The van der Waals surface area contributed by atoms with Crippen molar-refractivity contribution < 1.29 is 15.0 Å². The minimum absolute atomic E-state index is 0.0487. The fraction of sp³-hybridized carbons (Fsp3) is 0.667. The topological polar surface area (TPSA) is 57.5 Å². The molecule has 1 atom stereocenters. The Morgan fingerprint density at radius 3 is 2.21 bits per heavy atom. The van der Waals surface area contributed by atoms with Crippen LogP contribution in [0.4, 0.5) is 0 Å². The van der Waals surface area contributed by atoms with Gasteiger partial charge in [0.1, 0.15) is 5.75 Å². The van der Waals surface area contributed by atoms with Crippen molar-refractivity contribution in [2.75, 3.05) is 0 Å². The van der Waals surface area contributed by atoms with Gasteiger partial charge in [0.05, 0.1) is 5.92 Å². The minimum Gasteiger partial charge on any atom is -0.508 e. The third kappa shape index (κ3) is 6.54. The molecule has 0 aliphatic carbocycles. The van der Waals surface area contributed by atoms with E-state index in [2.05, 4.69) is 26.8 Å². The molecule has 0 radical (unpaired) electrons. The zero-order chi connectivity index (χ0) is 18.3. The molecular formula is C21H34O3. The van der Waals surface area contributed by atoms with Crippen molar-refractivity contribution in [3.63, 3.8) is 0 Å². The number of unbranched alkanes of at least 4 members (excludes halogenated alkanes) is 3. The number of aliphatic carboxylic acids is 1. The van der Waals surface area contributed by atoms with Gasteiger partial charge in [0, 0.05) is 0 Å². The Labute approximate surface area is 147 Å². The van der Waals surface area contributed by atoms with Gasteiger partial charge in [-0.05, 0) is 47.8 Å². The van der Waals surface area contributed by atoms with Gasteiger partial charge in [-0.25, -0.2) is 0 Å². The van der Waals surface area contributed by atoms with E-state index in [1.54, 1.807) is 0 Å². The fourth-order valence-electron chi connectivity index (χ4n) is 3.02. The SMILES string of the molecule is CC(C)[C@H](CCCCCCc1ccc(C(C)(C)C)cc1O)C(=O)O. The van der Waals surface area contributed by atoms with E-state index in [0.29, 0.717) is 5.75 Å². The molecule has 0 saturated heterocycles. The summed E-state index contributed by atoms with van der Waals surface area (Å²) < 4.78 is 0. The summed E-state index contributed by atoms with van der Waals surface area (Å²) in [6.45, 7) is 10.4. The van der Waals surface area contributed by atoms with Gasteiger partial charge >= 0.3 is 5.97 Å². The normalized spacial score (nSPS) is 13.2. The summed E-state index contributed by atoms with van der Waals surface area (Å²) in [6.07, 6.45) is 5.76. The molecule has 0 bridgehead atoms. The predicted octanol–water partition coefficient (Wildman–Crippen LogP) is 5.54. The molecule has 0 amide bonds. The van der Waals surface area contributed by atoms with Crippen LogP contribution < -0.4 is 0 Å². The molecule has 24 heavy (non-hydrogen) atoms.